The van der Waals surface area contributed by atoms with Gasteiger partial charge in [0.2, 0.25) is 0 Å². The lowest BCUT2D eigenvalue weighted by Gasteiger charge is -1.90. The average molecular weight is 159 g/mol. The first-order chi connectivity index (χ1) is 5.70. The van der Waals surface area contributed by atoms with Crippen LogP contribution < -0.4 is 0 Å². The van der Waals surface area contributed by atoms with Crippen molar-refractivity contribution >= 4 is 6.71 Å². The number of nitrogens with zero attached hydrogens (tertiary/aromatic N) is 1. The molecule has 0 radical (unpaired) electrons. The van der Waals surface area contributed by atoms with E-state index in [0.717, 1.165) is 11.9 Å². The van der Waals surface area contributed by atoms with Gasteiger partial charge < -0.3 is 0 Å². The van der Waals surface area contributed by atoms with E-state index in [1.54, 1.807) is 6.08 Å². The van der Waals surface area contributed by atoms with Gasteiger partial charge in [0, 0.05) is 5.97 Å². The van der Waals surface area contributed by atoms with Crippen molar-refractivity contribution in [2.75, 3.05) is 0 Å². The summed E-state index contributed by atoms with van der Waals surface area (Å²) in [5.41, 5.74) is 1.16. The summed E-state index contributed by atoms with van der Waals surface area (Å²) in [6, 6.07) is 0. The molecule has 0 aliphatic carbocycles. The van der Waals surface area contributed by atoms with E-state index in [-0.39, 0.29) is 6.71 Å². The summed E-state index contributed by atoms with van der Waals surface area (Å²) < 4.78 is 0. The van der Waals surface area contributed by atoms with Crippen LogP contribution in [0.2, 0.25) is 13.1 Å². The van der Waals surface area contributed by atoms with Crippen LogP contribution in [0.15, 0.2) is 36.5 Å². The standard InChI is InChI=1S/C10H14BN/c1-4-6-10(2)7-5-8-11(3)9-12/h4-7H,1,8H2,2-3H3/b7-5-,10-6-. The maximum atomic E-state index is 8.49. The van der Waals surface area contributed by atoms with E-state index in [4.69, 9.17) is 5.26 Å². The van der Waals surface area contributed by atoms with Gasteiger partial charge in [0.15, 0.2) is 0 Å². The first kappa shape index (κ1) is 10.8. The molecule has 0 unspecified atom stereocenters. The highest BCUT2D eigenvalue weighted by atomic mass is 14.2. The van der Waals surface area contributed by atoms with Gasteiger partial charge in [-0.25, -0.2) is 5.26 Å². The first-order valence-corrected chi connectivity index (χ1v) is 4.06. The largest absolute Gasteiger partial charge is 0.268 e. The summed E-state index contributed by atoms with van der Waals surface area (Å²) in [6.07, 6.45) is 8.54. The lowest BCUT2D eigenvalue weighted by molar-refractivity contribution is 1.48. The van der Waals surface area contributed by atoms with Crippen molar-refractivity contribution in [3.8, 4) is 5.97 Å². The molecule has 0 fully saturated rings. The smallest absolute Gasteiger partial charge is 0.213 e. The zero-order valence-electron chi connectivity index (χ0n) is 7.75. The lowest BCUT2D eigenvalue weighted by atomic mass is 9.51. The quantitative estimate of drug-likeness (QED) is 0.457. The molecule has 62 valence electrons. The maximum Gasteiger partial charge on any atom is 0.268 e. The third-order valence-corrected chi connectivity index (χ3v) is 1.47. The van der Waals surface area contributed by atoms with Crippen molar-refractivity contribution in [3.63, 3.8) is 0 Å². The van der Waals surface area contributed by atoms with Gasteiger partial charge in [-0.1, -0.05) is 43.3 Å². The Kier molecular flexibility index (Phi) is 5.82. The van der Waals surface area contributed by atoms with Gasteiger partial charge in [0.1, 0.15) is 0 Å². The summed E-state index contributed by atoms with van der Waals surface area (Å²) in [4.78, 5) is 0. The topological polar surface area (TPSA) is 23.8 Å². The minimum absolute atomic E-state index is 0.109. The summed E-state index contributed by atoms with van der Waals surface area (Å²) in [5.74, 6) is 2.18. The number of nitriles is 1. The van der Waals surface area contributed by atoms with E-state index < -0.39 is 0 Å². The molecule has 0 heterocycles. The van der Waals surface area contributed by atoms with Crippen molar-refractivity contribution in [3.05, 3.63) is 36.5 Å². The molecule has 1 nitrogen and oxygen atoms in total. The van der Waals surface area contributed by atoms with Gasteiger partial charge in [-0.2, -0.15) is 0 Å². The van der Waals surface area contributed by atoms with E-state index in [1.165, 1.54) is 0 Å². The van der Waals surface area contributed by atoms with Crippen LogP contribution in [-0.2, 0) is 0 Å². The Morgan fingerprint density at radius 2 is 2.33 bits per heavy atom. The van der Waals surface area contributed by atoms with Gasteiger partial charge in [0.05, 0.1) is 0 Å². The highest BCUT2D eigenvalue weighted by Crippen LogP contribution is 1.98. The lowest BCUT2D eigenvalue weighted by Crippen LogP contribution is -1.99. The average Bonchev–Trinajstić information content (AvgIpc) is 2.04. The predicted molar refractivity (Wildman–Crippen MR) is 55.1 cm³/mol. The third-order valence-electron chi connectivity index (χ3n) is 1.47. The molecule has 0 aliphatic rings. The molecule has 0 aromatic rings. The fourth-order valence-electron chi connectivity index (χ4n) is 0.752. The van der Waals surface area contributed by atoms with E-state index in [0.29, 0.717) is 0 Å². The van der Waals surface area contributed by atoms with Crippen LogP contribution in [0.3, 0.4) is 0 Å². The molecule has 0 saturated heterocycles. The summed E-state index contributed by atoms with van der Waals surface area (Å²) in [6.45, 7) is 7.63. The van der Waals surface area contributed by atoms with Gasteiger partial charge in [0.25, 0.3) is 6.71 Å². The van der Waals surface area contributed by atoms with E-state index in [2.05, 4.69) is 12.5 Å². The van der Waals surface area contributed by atoms with Crippen molar-refractivity contribution in [2.45, 2.75) is 20.1 Å². The zero-order valence-corrected chi connectivity index (χ0v) is 7.75. The maximum absolute atomic E-state index is 8.49. The SMILES string of the molecule is C=C/C=C(C)\C=C/CB(C)C#N. The van der Waals surface area contributed by atoms with Crippen molar-refractivity contribution in [2.24, 2.45) is 0 Å². The molecule has 0 N–H and O–H groups in total. The number of rotatable bonds is 4. The summed E-state index contributed by atoms with van der Waals surface area (Å²) >= 11 is 0. The predicted octanol–water partition coefficient (Wildman–Crippen LogP) is 2.86. The second-order valence-corrected chi connectivity index (χ2v) is 2.81. The number of allylic oxidation sites excluding steroid dienone is 5. The van der Waals surface area contributed by atoms with Crippen LogP contribution in [0, 0.1) is 11.2 Å². The summed E-state index contributed by atoms with van der Waals surface area (Å²) in [5, 5.41) is 8.49. The highest BCUT2D eigenvalue weighted by Gasteiger charge is 2.00. The molecule has 0 spiro atoms. The molecule has 0 bridgehead atoms. The van der Waals surface area contributed by atoms with Gasteiger partial charge in [-0.3, -0.25) is 0 Å². The number of hydrogen-bond acceptors (Lipinski definition) is 1. The second kappa shape index (κ2) is 6.48. The molecule has 0 rings (SSSR count). The van der Waals surface area contributed by atoms with Gasteiger partial charge in [-0.05, 0) is 13.2 Å². The minimum atomic E-state index is 0.109. The van der Waals surface area contributed by atoms with E-state index in [9.17, 15) is 0 Å². The van der Waals surface area contributed by atoms with Gasteiger partial charge in [-0.15, -0.1) is 0 Å². The van der Waals surface area contributed by atoms with Crippen LogP contribution in [0.1, 0.15) is 6.92 Å². The Hall–Kier alpha value is -1.23. The molecule has 0 saturated carbocycles. The Morgan fingerprint density at radius 3 is 2.83 bits per heavy atom. The minimum Gasteiger partial charge on any atom is -0.213 e. The Morgan fingerprint density at radius 1 is 1.67 bits per heavy atom. The molecule has 2 heteroatoms. The molecule has 0 amide bonds. The van der Waals surface area contributed by atoms with Crippen molar-refractivity contribution < 1.29 is 0 Å². The second-order valence-electron chi connectivity index (χ2n) is 2.81. The highest BCUT2D eigenvalue weighted by molar-refractivity contribution is 6.65. The normalized spacial score (nSPS) is 11.2. The van der Waals surface area contributed by atoms with Crippen LogP contribution in [-0.4, -0.2) is 6.71 Å². The molecular weight excluding hydrogens is 145 g/mol. The van der Waals surface area contributed by atoms with Crippen molar-refractivity contribution in [1.82, 2.24) is 0 Å². The van der Waals surface area contributed by atoms with Crippen LogP contribution >= 0.6 is 0 Å². The molecule has 0 aliphatic heterocycles. The summed E-state index contributed by atoms with van der Waals surface area (Å²) in [7, 11) is 0. The molecule has 0 aromatic carbocycles. The van der Waals surface area contributed by atoms with E-state index >= 15 is 0 Å². The van der Waals surface area contributed by atoms with Crippen molar-refractivity contribution in [1.29, 1.82) is 5.26 Å². The monoisotopic (exact) mass is 159 g/mol. The van der Waals surface area contributed by atoms with Crippen LogP contribution in [0.5, 0.6) is 0 Å². The molecule has 0 atom stereocenters. The Balaban J connectivity index is 3.85. The fourth-order valence-corrected chi connectivity index (χ4v) is 0.752. The Labute approximate surface area is 75.2 Å². The Bertz CT molecular complexity index is 233. The fraction of sp³-hybridized carbons (Fsp3) is 0.300. The third kappa shape index (κ3) is 5.55. The van der Waals surface area contributed by atoms with Gasteiger partial charge >= 0.3 is 0 Å². The molecular formula is C10H14BN. The van der Waals surface area contributed by atoms with E-state index in [1.807, 2.05) is 32.0 Å². The van der Waals surface area contributed by atoms with Crippen LogP contribution in [0.4, 0.5) is 0 Å². The molecule has 12 heavy (non-hydrogen) atoms. The van der Waals surface area contributed by atoms with Crippen LogP contribution in [0.25, 0.3) is 0 Å². The zero-order chi connectivity index (χ0) is 9.40. The number of hydrogen-bond donors (Lipinski definition) is 0. The molecule has 0 aromatic heterocycles. The first-order valence-electron chi connectivity index (χ1n) is 4.06.